The number of thiophene rings is 1. The number of aryl methyl sites for hydroxylation is 3. The molecule has 1 atom stereocenters. The van der Waals surface area contributed by atoms with Crippen LogP contribution in [0, 0.1) is 13.8 Å². The van der Waals surface area contributed by atoms with Crippen LogP contribution in [0.2, 0.25) is 0 Å². The summed E-state index contributed by atoms with van der Waals surface area (Å²) in [5.74, 6) is 0.130. The van der Waals surface area contributed by atoms with E-state index in [0.29, 0.717) is 18.2 Å². The Hall–Kier alpha value is -2.16. The zero-order valence-corrected chi connectivity index (χ0v) is 20.4. The largest absolute Gasteiger partial charge is 0.376 e. The Labute approximate surface area is 196 Å². The zero-order valence-electron chi connectivity index (χ0n) is 18.8. The summed E-state index contributed by atoms with van der Waals surface area (Å²) in [6, 6.07) is 8.10. The first kappa shape index (κ1) is 23.0. The molecular weight excluding hydrogens is 442 g/mol. The van der Waals surface area contributed by atoms with E-state index in [1.807, 2.05) is 38.1 Å². The molecule has 1 aromatic carbocycles. The van der Waals surface area contributed by atoms with Crippen molar-refractivity contribution in [3.05, 3.63) is 56.2 Å². The van der Waals surface area contributed by atoms with Gasteiger partial charge in [0, 0.05) is 18.0 Å². The van der Waals surface area contributed by atoms with Crippen LogP contribution in [0.1, 0.15) is 41.3 Å². The molecule has 3 heterocycles. The number of carbonyl (C=O) groups is 1. The summed E-state index contributed by atoms with van der Waals surface area (Å²) < 4.78 is 7.51. The fourth-order valence-electron chi connectivity index (χ4n) is 4.01. The minimum atomic E-state index is -0.0785. The van der Waals surface area contributed by atoms with Crippen LogP contribution in [0.15, 0.2) is 34.2 Å². The summed E-state index contributed by atoms with van der Waals surface area (Å²) in [5, 5.41) is 4.27. The van der Waals surface area contributed by atoms with Crippen molar-refractivity contribution in [3.8, 4) is 0 Å². The number of fused-ring (bicyclic) bond motifs is 1. The highest BCUT2D eigenvalue weighted by Gasteiger charge is 2.23. The van der Waals surface area contributed by atoms with Crippen LogP contribution >= 0.6 is 23.1 Å². The third-order valence-electron chi connectivity index (χ3n) is 5.78. The van der Waals surface area contributed by atoms with Gasteiger partial charge in [-0.15, -0.1) is 11.3 Å². The van der Waals surface area contributed by atoms with E-state index in [1.165, 1.54) is 17.3 Å². The molecule has 8 heteroatoms. The zero-order chi connectivity index (χ0) is 22.7. The van der Waals surface area contributed by atoms with Crippen molar-refractivity contribution in [3.63, 3.8) is 0 Å². The van der Waals surface area contributed by atoms with E-state index in [2.05, 4.69) is 12.2 Å². The SMILES string of the molecule is CCc1c(C)sc2nc(SCC(=O)NCc3ccc(C)cc3)n(CC3CCCO3)c(=O)c12. The minimum Gasteiger partial charge on any atom is -0.376 e. The first-order valence-corrected chi connectivity index (χ1v) is 12.9. The normalized spacial score (nSPS) is 16.0. The Morgan fingerprint density at radius 3 is 2.78 bits per heavy atom. The fraction of sp³-hybridized carbons (Fsp3) is 0.458. The van der Waals surface area contributed by atoms with Gasteiger partial charge in [0.2, 0.25) is 5.91 Å². The summed E-state index contributed by atoms with van der Waals surface area (Å²) in [5.41, 5.74) is 3.31. The van der Waals surface area contributed by atoms with Crippen molar-refractivity contribution in [2.24, 2.45) is 0 Å². The van der Waals surface area contributed by atoms with Gasteiger partial charge in [-0.2, -0.15) is 0 Å². The maximum absolute atomic E-state index is 13.5. The molecule has 2 aromatic heterocycles. The van der Waals surface area contributed by atoms with Gasteiger partial charge < -0.3 is 10.1 Å². The van der Waals surface area contributed by atoms with E-state index in [0.717, 1.165) is 52.1 Å². The summed E-state index contributed by atoms with van der Waals surface area (Å²) in [6.45, 7) is 7.85. The molecule has 1 fully saturated rings. The topological polar surface area (TPSA) is 73.2 Å². The lowest BCUT2D eigenvalue weighted by Crippen LogP contribution is -2.30. The average molecular weight is 472 g/mol. The van der Waals surface area contributed by atoms with Gasteiger partial charge in [0.15, 0.2) is 5.16 Å². The molecule has 1 amide bonds. The maximum atomic E-state index is 13.5. The highest BCUT2D eigenvalue weighted by molar-refractivity contribution is 7.99. The van der Waals surface area contributed by atoms with E-state index in [-0.39, 0.29) is 23.3 Å². The fourth-order valence-corrected chi connectivity index (χ4v) is 6.00. The first-order valence-electron chi connectivity index (χ1n) is 11.1. The molecule has 1 N–H and O–H groups in total. The van der Waals surface area contributed by atoms with Gasteiger partial charge in [0.1, 0.15) is 4.83 Å². The Morgan fingerprint density at radius 2 is 2.09 bits per heavy atom. The lowest BCUT2D eigenvalue weighted by atomic mass is 10.1. The Kier molecular flexibility index (Phi) is 7.33. The Morgan fingerprint density at radius 1 is 1.31 bits per heavy atom. The number of nitrogens with zero attached hydrogens (tertiary/aromatic N) is 2. The number of ether oxygens (including phenoxy) is 1. The highest BCUT2D eigenvalue weighted by atomic mass is 32.2. The van der Waals surface area contributed by atoms with Crippen molar-refractivity contribution >= 4 is 39.2 Å². The van der Waals surface area contributed by atoms with Crippen LogP contribution < -0.4 is 10.9 Å². The van der Waals surface area contributed by atoms with Crippen LogP contribution in [0.25, 0.3) is 10.2 Å². The first-order chi connectivity index (χ1) is 15.5. The predicted molar refractivity (Wildman–Crippen MR) is 131 cm³/mol. The second-order valence-electron chi connectivity index (χ2n) is 8.17. The molecule has 1 unspecified atom stereocenters. The summed E-state index contributed by atoms with van der Waals surface area (Å²) in [6.07, 6.45) is 2.77. The number of nitrogens with one attached hydrogen (secondary N) is 1. The third kappa shape index (κ3) is 5.08. The molecule has 0 radical (unpaired) electrons. The summed E-state index contributed by atoms with van der Waals surface area (Å²) in [7, 11) is 0. The van der Waals surface area contributed by atoms with Gasteiger partial charge in [-0.25, -0.2) is 4.98 Å². The number of aromatic nitrogens is 2. The van der Waals surface area contributed by atoms with E-state index >= 15 is 0 Å². The van der Waals surface area contributed by atoms with E-state index in [9.17, 15) is 9.59 Å². The Bertz CT molecular complexity index is 1160. The summed E-state index contributed by atoms with van der Waals surface area (Å²) in [4.78, 5) is 32.7. The van der Waals surface area contributed by atoms with E-state index in [1.54, 1.807) is 15.9 Å². The van der Waals surface area contributed by atoms with Crippen LogP contribution in [0.4, 0.5) is 0 Å². The van der Waals surface area contributed by atoms with Gasteiger partial charge in [-0.1, -0.05) is 48.5 Å². The number of hydrogen-bond acceptors (Lipinski definition) is 6. The summed E-state index contributed by atoms with van der Waals surface area (Å²) >= 11 is 2.88. The van der Waals surface area contributed by atoms with Crippen molar-refractivity contribution in [1.82, 2.24) is 14.9 Å². The molecule has 1 aliphatic rings. The van der Waals surface area contributed by atoms with E-state index in [4.69, 9.17) is 9.72 Å². The van der Waals surface area contributed by atoms with Gasteiger partial charge in [-0.05, 0) is 44.2 Å². The monoisotopic (exact) mass is 471 g/mol. The average Bonchev–Trinajstić information content (AvgIpc) is 3.41. The molecule has 170 valence electrons. The van der Waals surface area contributed by atoms with Gasteiger partial charge in [-0.3, -0.25) is 14.2 Å². The quantitative estimate of drug-likeness (QED) is 0.393. The number of carbonyl (C=O) groups excluding carboxylic acids is 1. The van der Waals surface area contributed by atoms with Crippen LogP contribution in [0.3, 0.4) is 0 Å². The molecule has 0 bridgehead atoms. The number of rotatable bonds is 8. The Balaban J connectivity index is 1.54. The van der Waals surface area contributed by atoms with Crippen molar-refractivity contribution < 1.29 is 9.53 Å². The number of hydrogen-bond donors (Lipinski definition) is 1. The third-order valence-corrected chi connectivity index (χ3v) is 7.80. The number of thioether (sulfide) groups is 1. The van der Waals surface area contributed by atoms with Crippen molar-refractivity contribution in [2.75, 3.05) is 12.4 Å². The molecule has 6 nitrogen and oxygen atoms in total. The van der Waals surface area contributed by atoms with Crippen molar-refractivity contribution in [2.45, 2.75) is 64.4 Å². The molecule has 32 heavy (non-hydrogen) atoms. The molecular formula is C24H29N3O3S2. The number of benzene rings is 1. The van der Waals surface area contributed by atoms with Gasteiger partial charge in [0.25, 0.3) is 5.56 Å². The molecule has 3 aromatic rings. The lowest BCUT2D eigenvalue weighted by Gasteiger charge is -2.16. The molecule has 4 rings (SSSR count). The minimum absolute atomic E-state index is 0.0192. The standard InChI is InChI=1S/C24H29N3O3S2/c1-4-19-16(3)32-22-21(19)23(29)27(13-18-6-5-11-30-18)24(26-22)31-14-20(28)25-12-17-9-7-15(2)8-10-17/h7-10,18H,4-6,11-14H2,1-3H3,(H,25,28). The lowest BCUT2D eigenvalue weighted by molar-refractivity contribution is -0.118. The predicted octanol–water partition coefficient (Wildman–Crippen LogP) is 4.22. The van der Waals surface area contributed by atoms with Gasteiger partial charge >= 0.3 is 0 Å². The maximum Gasteiger partial charge on any atom is 0.263 e. The molecule has 1 saturated heterocycles. The van der Waals surface area contributed by atoms with Crippen molar-refractivity contribution in [1.29, 1.82) is 0 Å². The molecule has 1 aliphatic heterocycles. The molecule has 0 saturated carbocycles. The molecule has 0 spiro atoms. The van der Waals surface area contributed by atoms with Gasteiger partial charge in [0.05, 0.1) is 23.8 Å². The number of amides is 1. The second kappa shape index (κ2) is 10.2. The van der Waals surface area contributed by atoms with Crippen LogP contribution in [0.5, 0.6) is 0 Å². The highest BCUT2D eigenvalue weighted by Crippen LogP contribution is 2.30. The van der Waals surface area contributed by atoms with Crippen LogP contribution in [-0.4, -0.2) is 33.9 Å². The molecule has 0 aliphatic carbocycles. The van der Waals surface area contributed by atoms with E-state index < -0.39 is 0 Å². The van der Waals surface area contributed by atoms with Crippen LogP contribution in [-0.2, 0) is 29.0 Å². The smallest absolute Gasteiger partial charge is 0.263 e. The second-order valence-corrected chi connectivity index (χ2v) is 10.3.